The van der Waals surface area contributed by atoms with Gasteiger partial charge in [0.15, 0.2) is 0 Å². The van der Waals surface area contributed by atoms with Gasteiger partial charge in [0, 0.05) is 33.4 Å². The molecular formula is C27H35F2N5O3. The number of fused-ring (bicyclic) bond motifs is 1. The molecule has 1 aliphatic carbocycles. The molecule has 37 heavy (non-hydrogen) atoms. The molecule has 2 spiro atoms. The smallest absolute Gasteiger partial charge is 0.270 e. The molecule has 0 unspecified atom stereocenters. The number of carbonyl (C=O) groups is 3. The second kappa shape index (κ2) is 8.82. The van der Waals surface area contributed by atoms with Gasteiger partial charge in [-0.05, 0) is 56.6 Å². The molecule has 1 aromatic carbocycles. The number of benzene rings is 1. The van der Waals surface area contributed by atoms with Crippen LogP contribution < -0.4 is 5.32 Å². The number of piperidine rings is 1. The third-order valence-electron chi connectivity index (χ3n) is 8.31. The summed E-state index contributed by atoms with van der Waals surface area (Å²) in [6.45, 7) is 3.99. The molecule has 3 atom stereocenters. The third-order valence-corrected chi connectivity index (χ3v) is 8.31. The van der Waals surface area contributed by atoms with Crippen LogP contribution >= 0.6 is 0 Å². The van der Waals surface area contributed by atoms with Crippen LogP contribution in [0.1, 0.15) is 65.7 Å². The Hall–Kier alpha value is -3.48. The number of halogens is 2. The summed E-state index contributed by atoms with van der Waals surface area (Å²) in [6.07, 6.45) is 4.00. The number of hydrogen-bond donors (Lipinski definition) is 2. The van der Waals surface area contributed by atoms with Crippen molar-refractivity contribution in [3.05, 3.63) is 35.5 Å². The van der Waals surface area contributed by atoms with Crippen LogP contribution in [-0.4, -0.2) is 63.7 Å². The fraction of sp³-hybridized carbons (Fsp3) is 0.556. The van der Waals surface area contributed by atoms with Gasteiger partial charge in [-0.3, -0.25) is 14.4 Å². The maximum absolute atomic E-state index is 14.2. The number of likely N-dealkylation sites (N-methyl/N-ethyl adjacent to an activating group) is 1. The summed E-state index contributed by atoms with van der Waals surface area (Å²) in [5, 5.41) is 13.1. The quantitative estimate of drug-likeness (QED) is 0.628. The number of likely N-dealkylation sites (tertiary alicyclic amines) is 1. The number of hydrogen-bond acceptors (Lipinski definition) is 4. The number of rotatable bonds is 5. The van der Waals surface area contributed by atoms with Crippen LogP contribution in [0.15, 0.2) is 18.2 Å². The fourth-order valence-corrected chi connectivity index (χ4v) is 5.90. The van der Waals surface area contributed by atoms with Crippen LogP contribution in [0.2, 0.25) is 0 Å². The van der Waals surface area contributed by atoms with E-state index in [4.69, 9.17) is 0 Å². The van der Waals surface area contributed by atoms with Gasteiger partial charge in [-0.15, -0.1) is 0 Å². The Morgan fingerprint density at radius 1 is 1.24 bits per heavy atom. The van der Waals surface area contributed by atoms with E-state index in [1.165, 1.54) is 22.9 Å². The van der Waals surface area contributed by atoms with Gasteiger partial charge in [0.05, 0.1) is 17.0 Å². The van der Waals surface area contributed by atoms with E-state index in [0.717, 1.165) is 31.4 Å². The van der Waals surface area contributed by atoms with Crippen molar-refractivity contribution in [2.75, 3.05) is 13.6 Å². The summed E-state index contributed by atoms with van der Waals surface area (Å²) < 4.78 is 27.9. The molecule has 3 heterocycles. The maximum Gasteiger partial charge on any atom is 0.270 e. The molecule has 8 nitrogen and oxygen atoms in total. The normalized spacial score (nSPS) is 24.9. The summed E-state index contributed by atoms with van der Waals surface area (Å²) in [5.41, 5.74) is -0.729. The minimum Gasteiger partial charge on any atom is -0.350 e. The predicted molar refractivity (Wildman–Crippen MR) is 135 cm³/mol. The zero-order valence-electron chi connectivity index (χ0n) is 21.2. The van der Waals surface area contributed by atoms with E-state index in [9.17, 15) is 28.4 Å². The van der Waals surface area contributed by atoms with Crippen LogP contribution in [0, 0.1) is 34.3 Å². The Morgan fingerprint density at radius 3 is 2.57 bits per heavy atom. The molecule has 10 heteroatoms. The maximum atomic E-state index is 14.2. The summed E-state index contributed by atoms with van der Waals surface area (Å²) in [5.74, 6) is -2.55. The molecule has 0 bridgehead atoms. The topological polar surface area (TPSA) is 109 Å². The largest absolute Gasteiger partial charge is 0.350 e. The van der Waals surface area contributed by atoms with Crippen molar-refractivity contribution in [3.63, 3.8) is 0 Å². The van der Waals surface area contributed by atoms with Gasteiger partial charge < -0.3 is 20.1 Å². The minimum absolute atomic E-state index is 0. The van der Waals surface area contributed by atoms with E-state index < -0.39 is 35.0 Å². The molecule has 3 amide bonds. The standard InChI is InChI=1S/C27H31F2N5O3.2H2/c1-15(2)8-22(33(3)23(35)21-11-18-19(29)9-16(28)10-20(18)31-21)24(36)34-14-26(12-17(34)13-30)4-5-27(6-7-27)32-25(26)37;;/h9-11,15,17,22,31H,4-8,12,14H2,1-3H3,(H,32,37);2*1H/t17-,22-,26-;;/m0../s1. The molecule has 3 aliphatic rings. The zero-order chi connectivity index (χ0) is 26.7. The zero-order valence-corrected chi connectivity index (χ0v) is 21.2. The van der Waals surface area contributed by atoms with Gasteiger partial charge >= 0.3 is 0 Å². The predicted octanol–water partition coefficient (Wildman–Crippen LogP) is 3.98. The average Bonchev–Trinajstić information content (AvgIpc) is 3.28. The van der Waals surface area contributed by atoms with Gasteiger partial charge in [-0.2, -0.15) is 5.26 Å². The molecule has 5 rings (SSSR count). The first-order valence-electron chi connectivity index (χ1n) is 12.8. The lowest BCUT2D eigenvalue weighted by Gasteiger charge is -2.37. The molecule has 3 fully saturated rings. The molecule has 2 saturated heterocycles. The Kier molecular flexibility index (Phi) is 6.00. The highest BCUT2D eigenvalue weighted by Crippen LogP contribution is 2.50. The number of nitrogens with one attached hydrogen (secondary N) is 2. The molecule has 0 radical (unpaired) electrons. The Bertz CT molecular complexity index is 1340. The monoisotopic (exact) mass is 515 g/mol. The highest BCUT2D eigenvalue weighted by atomic mass is 19.1. The van der Waals surface area contributed by atoms with E-state index in [1.807, 2.05) is 13.8 Å². The SMILES string of the molecule is CC(C)C[C@@H](C(=O)N1C[C@]2(CCC3(CC3)NC2=O)C[C@H]1C#N)N(C)C(=O)c1cc2c(F)cc(F)cc2[nH]1.[HH].[HH]. The second-order valence-electron chi connectivity index (χ2n) is 11.4. The summed E-state index contributed by atoms with van der Waals surface area (Å²) in [4.78, 5) is 46.0. The first kappa shape index (κ1) is 25.2. The van der Waals surface area contributed by atoms with Crippen molar-refractivity contribution in [1.29, 1.82) is 5.26 Å². The summed E-state index contributed by atoms with van der Waals surface area (Å²) in [7, 11) is 1.49. The first-order chi connectivity index (χ1) is 17.5. The van der Waals surface area contributed by atoms with Crippen LogP contribution in [0.25, 0.3) is 10.9 Å². The lowest BCUT2D eigenvalue weighted by molar-refractivity contribution is -0.139. The molecule has 1 saturated carbocycles. The van der Waals surface area contributed by atoms with Crippen molar-refractivity contribution in [2.24, 2.45) is 11.3 Å². The second-order valence-corrected chi connectivity index (χ2v) is 11.4. The first-order valence-corrected chi connectivity index (χ1v) is 12.8. The van der Waals surface area contributed by atoms with Crippen molar-refractivity contribution in [1.82, 2.24) is 20.1 Å². The molecular weight excluding hydrogens is 480 g/mol. The van der Waals surface area contributed by atoms with Crippen molar-refractivity contribution >= 4 is 28.6 Å². The van der Waals surface area contributed by atoms with Crippen LogP contribution in [-0.2, 0) is 9.59 Å². The summed E-state index contributed by atoms with van der Waals surface area (Å²) in [6, 6.07) is 3.70. The number of aromatic nitrogens is 1. The lowest BCUT2D eigenvalue weighted by Crippen LogP contribution is -2.55. The van der Waals surface area contributed by atoms with Crippen molar-refractivity contribution in [2.45, 2.75) is 70.0 Å². The number of aromatic amines is 1. The van der Waals surface area contributed by atoms with E-state index in [-0.39, 0.29) is 55.7 Å². The molecule has 1 aromatic heterocycles. The highest BCUT2D eigenvalue weighted by molar-refractivity contribution is 6.00. The number of amides is 3. The average molecular weight is 516 g/mol. The molecule has 2 aliphatic heterocycles. The van der Waals surface area contributed by atoms with Gasteiger partial charge in [0.25, 0.3) is 5.91 Å². The van der Waals surface area contributed by atoms with Crippen LogP contribution in [0.3, 0.4) is 0 Å². The Labute approximate surface area is 216 Å². The Balaban J connectivity index is 0.00000210. The number of nitrogens with zero attached hydrogens (tertiary/aromatic N) is 3. The minimum atomic E-state index is -0.895. The van der Waals surface area contributed by atoms with Gasteiger partial charge in [0.2, 0.25) is 11.8 Å². The van der Waals surface area contributed by atoms with Crippen LogP contribution in [0.5, 0.6) is 0 Å². The van der Waals surface area contributed by atoms with E-state index in [2.05, 4.69) is 16.4 Å². The molecule has 2 N–H and O–H groups in total. The Morgan fingerprint density at radius 2 is 1.95 bits per heavy atom. The van der Waals surface area contributed by atoms with Gasteiger partial charge in [0.1, 0.15) is 29.4 Å². The lowest BCUT2D eigenvalue weighted by atomic mass is 9.75. The molecule has 2 aromatic rings. The summed E-state index contributed by atoms with van der Waals surface area (Å²) >= 11 is 0. The van der Waals surface area contributed by atoms with Gasteiger partial charge in [-0.25, -0.2) is 8.78 Å². The third kappa shape index (κ3) is 4.34. The highest BCUT2D eigenvalue weighted by Gasteiger charge is 2.59. The fourth-order valence-electron chi connectivity index (χ4n) is 5.90. The molecule has 200 valence electrons. The van der Waals surface area contributed by atoms with Crippen LogP contribution in [0.4, 0.5) is 8.78 Å². The van der Waals surface area contributed by atoms with Crippen molar-refractivity contribution < 1.29 is 26.0 Å². The number of carbonyl (C=O) groups excluding carboxylic acids is 3. The number of H-pyrrole nitrogens is 1. The van der Waals surface area contributed by atoms with E-state index in [1.54, 1.807) is 0 Å². The van der Waals surface area contributed by atoms with E-state index >= 15 is 0 Å². The van der Waals surface area contributed by atoms with Crippen molar-refractivity contribution in [3.8, 4) is 6.07 Å². The number of nitriles is 1. The van der Waals surface area contributed by atoms with E-state index in [0.29, 0.717) is 12.8 Å². The van der Waals surface area contributed by atoms with Gasteiger partial charge in [-0.1, -0.05) is 13.8 Å².